The molecule has 2 heteroatoms. The molecule has 0 spiro atoms. The average Bonchev–Trinajstić information content (AvgIpc) is 2.59. The zero-order valence-corrected chi connectivity index (χ0v) is 17.2. The highest BCUT2D eigenvalue weighted by Crippen LogP contribution is 2.29. The lowest BCUT2D eigenvalue weighted by Crippen LogP contribution is -2.56. The Morgan fingerprint density at radius 1 is 0.720 bits per heavy atom. The number of likely N-dealkylation sites (tertiary alicyclic amines) is 2. The molecule has 0 bridgehead atoms. The molecule has 0 aromatic rings. The third kappa shape index (κ3) is 5.69. The summed E-state index contributed by atoms with van der Waals surface area (Å²) < 4.78 is 2.61. The molecule has 2 aliphatic rings. The molecule has 0 amide bonds. The van der Waals surface area contributed by atoms with Gasteiger partial charge >= 0.3 is 0 Å². The first kappa shape index (κ1) is 20.7. The lowest BCUT2D eigenvalue weighted by atomic mass is 9.95. The molecule has 0 N–H and O–H groups in total. The minimum Gasteiger partial charge on any atom is -0.323 e. The molecule has 2 rings (SSSR count). The first-order chi connectivity index (χ1) is 12.0. The molecular weight excluding hydrogens is 304 g/mol. The van der Waals surface area contributed by atoms with Crippen molar-refractivity contribution >= 4 is 0 Å². The fourth-order valence-corrected chi connectivity index (χ4v) is 5.54. The van der Waals surface area contributed by atoms with Gasteiger partial charge in [-0.3, -0.25) is 0 Å². The summed E-state index contributed by atoms with van der Waals surface area (Å²) in [6, 6.07) is 1.66. The minimum absolute atomic E-state index is 0.829. The van der Waals surface area contributed by atoms with Crippen LogP contribution in [-0.4, -0.2) is 61.3 Å². The summed E-state index contributed by atoms with van der Waals surface area (Å²) in [5.74, 6) is 0. The predicted molar refractivity (Wildman–Crippen MR) is 111 cm³/mol. The molecule has 2 aliphatic heterocycles. The molecule has 25 heavy (non-hydrogen) atoms. The van der Waals surface area contributed by atoms with Crippen LogP contribution in [0.4, 0.5) is 0 Å². The lowest BCUT2D eigenvalue weighted by molar-refractivity contribution is -0.940. The Labute approximate surface area is 157 Å². The predicted octanol–water partition coefficient (Wildman–Crippen LogP) is 5.31. The molecule has 2 fully saturated rings. The van der Waals surface area contributed by atoms with E-state index in [-0.39, 0.29) is 0 Å². The zero-order valence-electron chi connectivity index (χ0n) is 17.2. The Bertz CT molecular complexity index is 380. The quantitative estimate of drug-likeness (QED) is 0.285. The van der Waals surface area contributed by atoms with Crippen molar-refractivity contribution in [1.82, 2.24) is 0 Å². The molecule has 0 aliphatic carbocycles. The van der Waals surface area contributed by atoms with Crippen molar-refractivity contribution < 1.29 is 8.97 Å². The van der Waals surface area contributed by atoms with Gasteiger partial charge in [-0.25, -0.2) is 0 Å². The second kappa shape index (κ2) is 9.92. The molecule has 4 atom stereocenters. The van der Waals surface area contributed by atoms with Gasteiger partial charge in [0.25, 0.3) is 0 Å². The van der Waals surface area contributed by atoms with Gasteiger partial charge in [0.15, 0.2) is 0 Å². The fourth-order valence-electron chi connectivity index (χ4n) is 5.54. The van der Waals surface area contributed by atoms with Gasteiger partial charge in [0, 0.05) is 12.8 Å². The second-order valence-electron chi connectivity index (χ2n) is 9.26. The molecule has 0 aromatic carbocycles. The van der Waals surface area contributed by atoms with Gasteiger partial charge in [-0.2, -0.15) is 0 Å². The van der Waals surface area contributed by atoms with Crippen molar-refractivity contribution in [3.63, 3.8) is 0 Å². The maximum absolute atomic E-state index is 3.99. The third-order valence-corrected chi connectivity index (χ3v) is 7.39. The Kier molecular flexibility index (Phi) is 8.22. The number of unbranched alkanes of at least 4 members (excludes halogenated alkanes) is 2. The topological polar surface area (TPSA) is 0 Å². The van der Waals surface area contributed by atoms with Crippen molar-refractivity contribution in [2.75, 3.05) is 40.3 Å². The summed E-state index contributed by atoms with van der Waals surface area (Å²) in [4.78, 5) is 0. The molecule has 144 valence electrons. The van der Waals surface area contributed by atoms with E-state index < -0.39 is 0 Å². The van der Waals surface area contributed by atoms with Crippen molar-refractivity contribution in [2.45, 2.75) is 82.7 Å². The van der Waals surface area contributed by atoms with Crippen molar-refractivity contribution in [1.29, 1.82) is 0 Å². The monoisotopic (exact) mass is 348 g/mol. The van der Waals surface area contributed by atoms with Gasteiger partial charge in [0.1, 0.15) is 0 Å². The summed E-state index contributed by atoms with van der Waals surface area (Å²) in [6.45, 7) is 13.5. The van der Waals surface area contributed by atoms with Crippen LogP contribution in [0.3, 0.4) is 0 Å². The Balaban J connectivity index is 1.74. The lowest BCUT2D eigenvalue weighted by Gasteiger charge is -2.45. The fraction of sp³-hybridized carbons (Fsp3) is 0.826. The number of rotatable bonds is 10. The normalized spacial score (nSPS) is 36.1. The molecule has 0 saturated carbocycles. The number of hydrogen-bond donors (Lipinski definition) is 0. The van der Waals surface area contributed by atoms with Crippen LogP contribution in [0.15, 0.2) is 25.3 Å². The Morgan fingerprint density at radius 2 is 1.16 bits per heavy atom. The summed E-state index contributed by atoms with van der Waals surface area (Å²) in [5, 5.41) is 0. The van der Waals surface area contributed by atoms with Crippen molar-refractivity contribution in [3.05, 3.63) is 25.3 Å². The highest BCUT2D eigenvalue weighted by molar-refractivity contribution is 4.77. The third-order valence-electron chi connectivity index (χ3n) is 7.39. The smallest absolute Gasteiger partial charge is 0.0923 e. The van der Waals surface area contributed by atoms with Crippen LogP contribution in [0.2, 0.25) is 0 Å². The molecule has 0 aromatic heterocycles. The van der Waals surface area contributed by atoms with E-state index in [0.717, 1.165) is 12.1 Å². The first-order valence-electron chi connectivity index (χ1n) is 10.9. The largest absolute Gasteiger partial charge is 0.323 e. The summed E-state index contributed by atoms with van der Waals surface area (Å²) in [5.41, 5.74) is 0. The van der Waals surface area contributed by atoms with Gasteiger partial charge in [-0.15, -0.1) is 13.2 Å². The first-order valence-corrected chi connectivity index (χ1v) is 10.9. The highest BCUT2D eigenvalue weighted by atomic mass is 15.4. The van der Waals surface area contributed by atoms with Crippen molar-refractivity contribution in [3.8, 4) is 0 Å². The second-order valence-corrected chi connectivity index (χ2v) is 9.26. The van der Waals surface area contributed by atoms with E-state index in [4.69, 9.17) is 0 Å². The molecule has 0 radical (unpaired) electrons. The van der Waals surface area contributed by atoms with E-state index in [9.17, 15) is 0 Å². The molecule has 2 nitrogen and oxygen atoms in total. The van der Waals surface area contributed by atoms with E-state index in [2.05, 4.69) is 39.4 Å². The van der Waals surface area contributed by atoms with Crippen LogP contribution in [0.1, 0.15) is 70.6 Å². The van der Waals surface area contributed by atoms with E-state index in [1.807, 2.05) is 0 Å². The maximum Gasteiger partial charge on any atom is 0.0923 e. The Hall–Kier alpha value is -0.600. The van der Waals surface area contributed by atoms with Crippen LogP contribution in [0, 0.1) is 0 Å². The zero-order chi connectivity index (χ0) is 18.2. The highest BCUT2D eigenvalue weighted by Gasteiger charge is 2.35. The van der Waals surface area contributed by atoms with Crippen LogP contribution < -0.4 is 0 Å². The van der Waals surface area contributed by atoms with Crippen LogP contribution in [0.25, 0.3) is 0 Å². The van der Waals surface area contributed by atoms with Gasteiger partial charge < -0.3 is 8.97 Å². The molecule has 2 saturated heterocycles. The van der Waals surface area contributed by atoms with E-state index >= 15 is 0 Å². The van der Waals surface area contributed by atoms with E-state index in [0.29, 0.717) is 0 Å². The number of hydrogen-bond acceptors (Lipinski definition) is 0. The van der Waals surface area contributed by atoms with Gasteiger partial charge in [0.2, 0.25) is 0 Å². The van der Waals surface area contributed by atoms with E-state index in [1.54, 1.807) is 0 Å². The molecule has 4 unspecified atom stereocenters. The van der Waals surface area contributed by atoms with Gasteiger partial charge in [0.05, 0.1) is 52.4 Å². The maximum atomic E-state index is 3.99. The van der Waals surface area contributed by atoms with Crippen molar-refractivity contribution in [2.24, 2.45) is 0 Å². The number of nitrogens with zero attached hydrogens (tertiary/aromatic N) is 2. The SMILES string of the molecule is C=CCC1CCCC[N+]1(C)CCCCC[N+]1(C)CCCCC1CC=C. The van der Waals surface area contributed by atoms with Crippen LogP contribution in [-0.2, 0) is 0 Å². The average molecular weight is 349 g/mol. The number of piperidine rings is 2. The standard InChI is InChI=1S/C23H44N2/c1-5-14-22-16-8-12-20-24(22,3)18-10-7-11-19-25(4)21-13-9-17-23(25)15-6-2/h5-6,22-23H,1-2,7-21H2,3-4H3/q+2. The summed E-state index contributed by atoms with van der Waals surface area (Å²) >= 11 is 0. The summed E-state index contributed by atoms with van der Waals surface area (Å²) in [7, 11) is 5.01. The summed E-state index contributed by atoms with van der Waals surface area (Å²) in [6.07, 6.45) is 19.4. The van der Waals surface area contributed by atoms with Crippen LogP contribution in [0.5, 0.6) is 0 Å². The number of quaternary nitrogens is 2. The molecule has 2 heterocycles. The minimum atomic E-state index is 0.829. The Morgan fingerprint density at radius 3 is 1.56 bits per heavy atom. The van der Waals surface area contributed by atoms with Crippen LogP contribution >= 0.6 is 0 Å². The van der Waals surface area contributed by atoms with Gasteiger partial charge in [-0.05, 0) is 57.8 Å². The molecular formula is C23H44N2+2. The van der Waals surface area contributed by atoms with E-state index in [1.165, 1.54) is 106 Å². The van der Waals surface area contributed by atoms with Gasteiger partial charge in [-0.1, -0.05) is 12.2 Å².